The van der Waals surface area contributed by atoms with Gasteiger partial charge in [0, 0.05) is 5.56 Å². The van der Waals surface area contributed by atoms with Gasteiger partial charge in [0.15, 0.2) is 15.6 Å². The first-order valence-electron chi connectivity index (χ1n) is 8.61. The fraction of sp³-hybridized carbons (Fsp3) is 0.368. The smallest absolute Gasteiger partial charge is 0.413 e. The highest BCUT2D eigenvalue weighted by molar-refractivity contribution is 7.21. The summed E-state index contributed by atoms with van der Waals surface area (Å²) in [4.78, 5) is 25.9. The van der Waals surface area contributed by atoms with Gasteiger partial charge in [0.2, 0.25) is 0 Å². The van der Waals surface area contributed by atoms with E-state index in [-0.39, 0.29) is 0 Å². The predicted octanol–water partition coefficient (Wildman–Crippen LogP) is 4.98. The number of hydrogen-bond acceptors (Lipinski definition) is 6. The number of amides is 1. The van der Waals surface area contributed by atoms with E-state index in [9.17, 15) is 4.79 Å². The number of benzene rings is 1. The van der Waals surface area contributed by atoms with Gasteiger partial charge in [0.25, 0.3) is 0 Å². The average Bonchev–Trinajstić information content (AvgIpc) is 3.33. The molecule has 0 atom stereocenters. The van der Waals surface area contributed by atoms with Gasteiger partial charge in [-0.25, -0.2) is 14.8 Å². The summed E-state index contributed by atoms with van der Waals surface area (Å²) < 4.78 is 5.24. The normalized spacial score (nSPS) is 14.4. The summed E-state index contributed by atoms with van der Waals surface area (Å²) in [6.07, 6.45) is 3.76. The van der Waals surface area contributed by atoms with Crippen molar-refractivity contribution in [3.63, 3.8) is 0 Å². The van der Waals surface area contributed by atoms with Crippen molar-refractivity contribution in [3.05, 3.63) is 36.0 Å². The third kappa shape index (κ3) is 3.83. The Balaban J connectivity index is 1.54. The zero-order valence-corrected chi connectivity index (χ0v) is 15.8. The molecule has 134 valence electrons. The molecule has 1 N–H and O–H groups in total. The van der Waals surface area contributed by atoms with Crippen molar-refractivity contribution in [2.24, 2.45) is 0 Å². The Bertz CT molecular complexity index is 956. The van der Waals surface area contributed by atoms with E-state index in [1.54, 1.807) is 6.20 Å². The van der Waals surface area contributed by atoms with E-state index in [1.807, 2.05) is 20.8 Å². The molecule has 3 aromatic rings. The van der Waals surface area contributed by atoms with Crippen LogP contribution in [0.15, 0.2) is 30.5 Å². The van der Waals surface area contributed by atoms with E-state index >= 15 is 0 Å². The third-order valence-electron chi connectivity index (χ3n) is 3.99. The summed E-state index contributed by atoms with van der Waals surface area (Å²) in [6.45, 7) is 5.44. The van der Waals surface area contributed by atoms with E-state index in [2.05, 4.69) is 44.5 Å². The maximum absolute atomic E-state index is 11.9. The monoisotopic (exact) mass is 368 g/mol. The third-order valence-corrected chi connectivity index (χ3v) is 4.84. The van der Waals surface area contributed by atoms with Crippen LogP contribution in [0, 0.1) is 0 Å². The molecular weight excluding hydrogens is 348 g/mol. The molecule has 0 spiro atoms. The zero-order valence-electron chi connectivity index (χ0n) is 14.9. The van der Waals surface area contributed by atoms with Crippen LogP contribution in [0.1, 0.15) is 45.1 Å². The molecule has 26 heavy (non-hydrogen) atoms. The summed E-state index contributed by atoms with van der Waals surface area (Å²) >= 11 is 1.28. The second-order valence-corrected chi connectivity index (χ2v) is 8.40. The molecule has 0 bridgehead atoms. The van der Waals surface area contributed by atoms with Crippen LogP contribution in [-0.2, 0) is 4.74 Å². The molecule has 1 aliphatic rings. The number of nitrogens with zero attached hydrogens (tertiary/aromatic N) is 3. The van der Waals surface area contributed by atoms with Gasteiger partial charge in [0.05, 0.1) is 11.9 Å². The van der Waals surface area contributed by atoms with Crippen molar-refractivity contribution in [3.8, 4) is 11.3 Å². The molecule has 0 radical (unpaired) electrons. The van der Waals surface area contributed by atoms with Crippen LogP contribution in [0.2, 0.25) is 0 Å². The number of carbonyl (C=O) groups is 1. The molecule has 2 heterocycles. The summed E-state index contributed by atoms with van der Waals surface area (Å²) in [5.74, 6) is 0.737. The summed E-state index contributed by atoms with van der Waals surface area (Å²) in [5, 5.41) is 3.07. The van der Waals surface area contributed by atoms with Crippen molar-refractivity contribution in [2.45, 2.75) is 45.1 Å². The molecule has 1 fully saturated rings. The minimum atomic E-state index is -0.558. The summed E-state index contributed by atoms with van der Waals surface area (Å²) in [6, 6.07) is 8.51. The van der Waals surface area contributed by atoms with E-state index in [0.29, 0.717) is 15.6 Å². The standard InChI is InChI=1S/C19H20N4O2S/c1-19(2,3)25-18(24)23-17-22-15-16(26-17)21-14(10-20-15)13-8-6-12(7-9-13)11-4-5-11/h6-11H,4-5H2,1-3H3,(H,20,22,23,24). The molecule has 7 heteroatoms. The number of nitrogens with one attached hydrogen (secondary N) is 1. The van der Waals surface area contributed by atoms with E-state index in [4.69, 9.17) is 4.74 Å². The fourth-order valence-electron chi connectivity index (χ4n) is 2.65. The van der Waals surface area contributed by atoms with E-state index in [1.165, 1.54) is 29.7 Å². The maximum atomic E-state index is 11.9. The molecule has 1 aliphatic carbocycles. The van der Waals surface area contributed by atoms with Gasteiger partial charge in [-0.05, 0) is 45.1 Å². The van der Waals surface area contributed by atoms with E-state index < -0.39 is 11.7 Å². The minimum absolute atomic E-state index is 0.426. The Hall–Kier alpha value is -2.54. The van der Waals surface area contributed by atoms with Gasteiger partial charge in [-0.15, -0.1) is 0 Å². The van der Waals surface area contributed by atoms with Crippen LogP contribution in [0.25, 0.3) is 21.7 Å². The van der Waals surface area contributed by atoms with Crippen molar-refractivity contribution in [1.82, 2.24) is 15.0 Å². The predicted molar refractivity (Wildman–Crippen MR) is 102 cm³/mol. The van der Waals surface area contributed by atoms with Crippen molar-refractivity contribution in [1.29, 1.82) is 0 Å². The van der Waals surface area contributed by atoms with Crippen LogP contribution in [0.3, 0.4) is 0 Å². The quantitative estimate of drug-likeness (QED) is 0.706. The molecule has 2 aromatic heterocycles. The van der Waals surface area contributed by atoms with Crippen molar-refractivity contribution in [2.75, 3.05) is 5.32 Å². The SMILES string of the molecule is CC(C)(C)OC(=O)Nc1nc2ncc(-c3ccc(C4CC4)cc3)nc2s1. The first-order valence-corrected chi connectivity index (χ1v) is 9.43. The van der Waals surface area contributed by atoms with Gasteiger partial charge in [-0.2, -0.15) is 4.98 Å². The van der Waals surface area contributed by atoms with Gasteiger partial charge < -0.3 is 4.74 Å². The topological polar surface area (TPSA) is 77.0 Å². The van der Waals surface area contributed by atoms with Gasteiger partial charge in [0.1, 0.15) is 5.60 Å². The lowest BCUT2D eigenvalue weighted by atomic mass is 10.1. The largest absolute Gasteiger partial charge is 0.444 e. The highest BCUT2D eigenvalue weighted by Crippen LogP contribution is 2.40. The van der Waals surface area contributed by atoms with Crippen LogP contribution < -0.4 is 5.32 Å². The Morgan fingerprint density at radius 2 is 1.92 bits per heavy atom. The Labute approximate surface area is 155 Å². The number of fused-ring (bicyclic) bond motifs is 1. The zero-order chi connectivity index (χ0) is 18.3. The first kappa shape index (κ1) is 16.9. The number of anilines is 1. The Kier molecular flexibility index (Phi) is 4.11. The number of rotatable bonds is 3. The lowest BCUT2D eigenvalue weighted by molar-refractivity contribution is 0.0636. The minimum Gasteiger partial charge on any atom is -0.444 e. The molecule has 0 saturated heterocycles. The van der Waals surface area contributed by atoms with Gasteiger partial charge >= 0.3 is 6.09 Å². The van der Waals surface area contributed by atoms with Gasteiger partial charge in [-0.1, -0.05) is 35.6 Å². The molecule has 1 saturated carbocycles. The number of ether oxygens (including phenoxy) is 1. The number of aromatic nitrogens is 3. The highest BCUT2D eigenvalue weighted by Gasteiger charge is 2.23. The number of hydrogen-bond donors (Lipinski definition) is 1. The lowest BCUT2D eigenvalue weighted by Gasteiger charge is -2.18. The maximum Gasteiger partial charge on any atom is 0.413 e. The summed E-state index contributed by atoms with van der Waals surface area (Å²) in [7, 11) is 0. The van der Waals surface area contributed by atoms with Crippen LogP contribution in [0.5, 0.6) is 0 Å². The number of thiazole rings is 1. The molecule has 1 aromatic carbocycles. The lowest BCUT2D eigenvalue weighted by Crippen LogP contribution is -2.27. The molecule has 0 unspecified atom stereocenters. The Morgan fingerprint density at radius 3 is 2.58 bits per heavy atom. The van der Waals surface area contributed by atoms with Crippen LogP contribution in [-0.4, -0.2) is 26.6 Å². The highest BCUT2D eigenvalue weighted by atomic mass is 32.1. The summed E-state index contributed by atoms with van der Waals surface area (Å²) in [5.41, 5.74) is 3.17. The number of carbonyl (C=O) groups excluding carboxylic acids is 1. The molecule has 6 nitrogen and oxygen atoms in total. The first-order chi connectivity index (χ1) is 12.4. The van der Waals surface area contributed by atoms with Gasteiger partial charge in [-0.3, -0.25) is 5.32 Å². The molecule has 4 rings (SSSR count). The van der Waals surface area contributed by atoms with Crippen LogP contribution >= 0.6 is 11.3 Å². The molecule has 1 amide bonds. The molecular formula is C19H20N4O2S. The second-order valence-electron chi connectivity index (χ2n) is 7.43. The molecule has 0 aliphatic heterocycles. The Morgan fingerprint density at radius 1 is 1.19 bits per heavy atom. The van der Waals surface area contributed by atoms with E-state index in [0.717, 1.165) is 17.2 Å². The fourth-order valence-corrected chi connectivity index (χ4v) is 3.43. The van der Waals surface area contributed by atoms with Crippen LogP contribution in [0.4, 0.5) is 9.93 Å². The second kappa shape index (κ2) is 6.32. The van der Waals surface area contributed by atoms with Crippen molar-refractivity contribution < 1.29 is 9.53 Å². The average molecular weight is 368 g/mol. The van der Waals surface area contributed by atoms with Crippen molar-refractivity contribution >= 4 is 33.0 Å².